The van der Waals surface area contributed by atoms with Crippen LogP contribution < -0.4 is 33.2 Å². The first kappa shape index (κ1) is 32.7. The molecule has 15 heteroatoms. The van der Waals surface area contributed by atoms with E-state index in [1.165, 1.54) is 6.20 Å². The van der Waals surface area contributed by atoms with Crippen LogP contribution >= 0.6 is 11.3 Å². The van der Waals surface area contributed by atoms with Gasteiger partial charge in [-0.1, -0.05) is 18.2 Å². The molecule has 222 valence electrons. The lowest BCUT2D eigenvalue weighted by molar-refractivity contribution is -0.127. The number of amides is 3. The molecule has 0 saturated carbocycles. The number of benzene rings is 1. The van der Waals surface area contributed by atoms with Gasteiger partial charge in [-0.3, -0.25) is 24.8 Å². The van der Waals surface area contributed by atoms with Crippen LogP contribution in [0.1, 0.15) is 54.5 Å². The SMILES string of the molecule is CC(C)(C)OC(=O)N[C@H](Cc1cccc(C(=N)N)c1)C(=O)NCC(=O)N[C@@H](CCCN=C(N)N)C(=O)c1nccs1. The van der Waals surface area contributed by atoms with Gasteiger partial charge in [0.2, 0.25) is 17.6 Å². The largest absolute Gasteiger partial charge is 0.444 e. The predicted octanol–water partition coefficient (Wildman–Crippen LogP) is 0.400. The lowest BCUT2D eigenvalue weighted by atomic mass is 10.0. The summed E-state index contributed by atoms with van der Waals surface area (Å²) in [5.74, 6) is -1.88. The number of guanidine groups is 1. The standard InChI is InChI=1S/C26H37N9O5S/c1-26(2,3)40-25(39)35-18(13-15-6-4-7-16(12-15)21(27)28)22(38)33-14-19(36)34-17(8-5-9-32-24(29)30)20(37)23-31-10-11-41-23/h4,6-7,10-12,17-18H,5,8-9,13-14H2,1-3H3,(H3,27,28)(H,33,38)(H,34,36)(H,35,39)(H4,29,30,32)/t17-,18+/m0/s1. The predicted molar refractivity (Wildman–Crippen MR) is 156 cm³/mol. The van der Waals surface area contributed by atoms with E-state index in [0.717, 1.165) is 11.3 Å². The number of hydrogen-bond acceptors (Lipinski definition) is 9. The van der Waals surface area contributed by atoms with Crippen molar-refractivity contribution in [3.63, 3.8) is 0 Å². The number of aromatic nitrogens is 1. The smallest absolute Gasteiger partial charge is 0.408 e. The molecule has 2 atom stereocenters. The molecular formula is C26H37N9O5S. The zero-order chi connectivity index (χ0) is 30.6. The number of aliphatic imine (C=N–C) groups is 1. The summed E-state index contributed by atoms with van der Waals surface area (Å²) in [6.45, 7) is 4.85. The Morgan fingerprint density at radius 1 is 1.12 bits per heavy atom. The normalized spacial score (nSPS) is 12.4. The third kappa shape index (κ3) is 12.0. The van der Waals surface area contributed by atoms with Crippen LogP contribution in [0.5, 0.6) is 0 Å². The number of nitrogens with two attached hydrogens (primary N) is 3. The second kappa shape index (κ2) is 15.3. The number of ether oxygens (including phenoxy) is 1. The highest BCUT2D eigenvalue weighted by atomic mass is 32.1. The number of rotatable bonds is 14. The van der Waals surface area contributed by atoms with E-state index >= 15 is 0 Å². The zero-order valence-corrected chi connectivity index (χ0v) is 24.0. The Labute approximate surface area is 242 Å². The van der Waals surface area contributed by atoms with Gasteiger partial charge in [0.25, 0.3) is 0 Å². The molecule has 10 N–H and O–H groups in total. The first-order valence-corrected chi connectivity index (χ1v) is 13.6. The summed E-state index contributed by atoms with van der Waals surface area (Å²) < 4.78 is 5.29. The van der Waals surface area contributed by atoms with Gasteiger partial charge in [-0.15, -0.1) is 11.3 Å². The Morgan fingerprint density at radius 3 is 2.46 bits per heavy atom. The third-order valence-electron chi connectivity index (χ3n) is 5.35. The minimum Gasteiger partial charge on any atom is -0.444 e. The molecule has 1 aromatic heterocycles. The molecule has 0 fully saturated rings. The molecule has 0 radical (unpaired) electrons. The number of hydrogen-bond donors (Lipinski definition) is 7. The first-order chi connectivity index (χ1) is 19.2. The van der Waals surface area contributed by atoms with Crippen LogP contribution in [-0.2, 0) is 20.7 Å². The van der Waals surface area contributed by atoms with Crippen LogP contribution in [-0.4, -0.2) is 71.2 Å². The second-order valence-corrected chi connectivity index (χ2v) is 10.9. The minimum atomic E-state index is -1.12. The molecule has 2 rings (SSSR count). The molecular weight excluding hydrogens is 550 g/mol. The van der Waals surface area contributed by atoms with Gasteiger partial charge in [0.15, 0.2) is 11.0 Å². The average molecular weight is 588 g/mol. The van der Waals surface area contributed by atoms with Gasteiger partial charge < -0.3 is 37.9 Å². The molecule has 2 aromatic rings. The topological polar surface area (TPSA) is 241 Å². The van der Waals surface area contributed by atoms with Gasteiger partial charge in [0.05, 0.1) is 12.6 Å². The van der Waals surface area contributed by atoms with Crippen LogP contribution in [0.2, 0.25) is 0 Å². The van der Waals surface area contributed by atoms with Gasteiger partial charge >= 0.3 is 6.09 Å². The Balaban J connectivity index is 2.10. The van der Waals surface area contributed by atoms with E-state index in [9.17, 15) is 19.2 Å². The number of alkyl carbamates (subject to hydrolysis) is 1. The van der Waals surface area contributed by atoms with E-state index in [4.69, 9.17) is 27.3 Å². The van der Waals surface area contributed by atoms with Crippen LogP contribution in [0.4, 0.5) is 4.79 Å². The van der Waals surface area contributed by atoms with E-state index in [1.807, 2.05) is 0 Å². The Kier molecular flexibility index (Phi) is 12.2. The van der Waals surface area contributed by atoms with Crippen molar-refractivity contribution in [2.24, 2.45) is 22.2 Å². The van der Waals surface area contributed by atoms with Gasteiger partial charge in [-0.05, 0) is 45.2 Å². The zero-order valence-electron chi connectivity index (χ0n) is 23.2. The monoisotopic (exact) mass is 587 g/mol. The van der Waals surface area contributed by atoms with Crippen LogP contribution in [0.15, 0.2) is 40.8 Å². The summed E-state index contributed by atoms with van der Waals surface area (Å²) in [6, 6.07) is 4.63. The van der Waals surface area contributed by atoms with Gasteiger partial charge in [0.1, 0.15) is 17.5 Å². The van der Waals surface area contributed by atoms with Gasteiger partial charge in [0, 0.05) is 30.1 Å². The average Bonchev–Trinajstić information content (AvgIpc) is 3.42. The number of carbonyl (C=O) groups is 4. The highest BCUT2D eigenvalue weighted by Crippen LogP contribution is 2.12. The fourth-order valence-corrected chi connectivity index (χ4v) is 4.19. The van der Waals surface area contributed by atoms with Gasteiger partial charge in [-0.2, -0.15) is 0 Å². The second-order valence-electron chi connectivity index (χ2n) is 10.0. The molecule has 0 unspecified atom stereocenters. The molecule has 0 bridgehead atoms. The lowest BCUT2D eigenvalue weighted by Crippen LogP contribution is -2.52. The minimum absolute atomic E-state index is 0.0315. The molecule has 1 heterocycles. The molecule has 14 nitrogen and oxygen atoms in total. The number of thiazole rings is 1. The molecule has 1 aromatic carbocycles. The highest BCUT2D eigenvalue weighted by molar-refractivity contribution is 7.11. The molecule has 0 saturated heterocycles. The number of amidine groups is 1. The maximum atomic E-state index is 13.1. The van der Waals surface area contributed by atoms with Crippen molar-refractivity contribution < 1.29 is 23.9 Å². The van der Waals surface area contributed by atoms with Crippen molar-refractivity contribution in [3.05, 3.63) is 52.0 Å². The maximum Gasteiger partial charge on any atom is 0.408 e. The number of carbonyl (C=O) groups excluding carboxylic acids is 4. The third-order valence-corrected chi connectivity index (χ3v) is 6.14. The van der Waals surface area contributed by atoms with Crippen molar-refractivity contribution in [1.29, 1.82) is 5.41 Å². The Morgan fingerprint density at radius 2 is 1.85 bits per heavy atom. The molecule has 41 heavy (non-hydrogen) atoms. The number of ketones is 1. The molecule has 0 aliphatic heterocycles. The maximum absolute atomic E-state index is 13.1. The van der Waals surface area contributed by atoms with E-state index in [1.54, 1.807) is 50.4 Å². The highest BCUT2D eigenvalue weighted by Gasteiger charge is 2.27. The molecule has 0 spiro atoms. The van der Waals surface area contributed by atoms with Crippen molar-refractivity contribution >= 4 is 46.8 Å². The van der Waals surface area contributed by atoms with Crippen LogP contribution in [0, 0.1) is 5.41 Å². The lowest BCUT2D eigenvalue weighted by Gasteiger charge is -2.23. The fraction of sp³-hybridized carbons (Fsp3) is 0.423. The number of nitrogens with zero attached hydrogens (tertiary/aromatic N) is 2. The fourth-order valence-electron chi connectivity index (χ4n) is 3.56. The van der Waals surface area contributed by atoms with Gasteiger partial charge in [-0.25, -0.2) is 9.78 Å². The van der Waals surface area contributed by atoms with Crippen molar-refractivity contribution in [1.82, 2.24) is 20.9 Å². The number of nitrogen functional groups attached to an aromatic ring is 1. The number of nitrogens with one attached hydrogen (secondary N) is 4. The summed E-state index contributed by atoms with van der Waals surface area (Å²) in [7, 11) is 0. The molecule has 0 aliphatic carbocycles. The quantitative estimate of drug-likeness (QED) is 0.0699. The Hall–Kier alpha value is -4.53. The number of Topliss-reactive ketones (excluding diaryl/α,β-unsaturated/α-hetero) is 1. The molecule has 3 amide bonds. The Bertz CT molecular complexity index is 1250. The van der Waals surface area contributed by atoms with Crippen molar-refractivity contribution in [2.75, 3.05) is 13.1 Å². The summed E-state index contributed by atoms with van der Waals surface area (Å²) in [5, 5.41) is 17.2. The van der Waals surface area contributed by atoms with E-state index in [-0.39, 0.29) is 42.0 Å². The van der Waals surface area contributed by atoms with Crippen molar-refractivity contribution in [2.45, 2.75) is 57.7 Å². The first-order valence-electron chi connectivity index (χ1n) is 12.7. The summed E-state index contributed by atoms with van der Waals surface area (Å²) >= 11 is 1.14. The summed E-state index contributed by atoms with van der Waals surface area (Å²) in [5.41, 5.74) is 16.5. The van der Waals surface area contributed by atoms with Crippen LogP contribution in [0.25, 0.3) is 0 Å². The molecule has 0 aliphatic rings. The summed E-state index contributed by atoms with van der Waals surface area (Å²) in [6.07, 6.45) is 1.35. The van der Waals surface area contributed by atoms with Crippen LogP contribution in [0.3, 0.4) is 0 Å². The van der Waals surface area contributed by atoms with E-state index in [2.05, 4.69) is 25.9 Å². The van der Waals surface area contributed by atoms with E-state index < -0.39 is 42.1 Å². The van der Waals surface area contributed by atoms with E-state index in [0.29, 0.717) is 17.5 Å². The van der Waals surface area contributed by atoms with Crippen molar-refractivity contribution in [3.8, 4) is 0 Å². The summed E-state index contributed by atoms with van der Waals surface area (Å²) in [4.78, 5) is 59.2.